The number of carbonyl (C=O) groups is 1. The number of hydrogen-bond donors (Lipinski definition) is 2. The Morgan fingerprint density at radius 2 is 2.14 bits per heavy atom. The number of ketones is 1. The van der Waals surface area contributed by atoms with Crippen LogP contribution in [0.3, 0.4) is 0 Å². The predicted molar refractivity (Wildman–Crippen MR) is 79.6 cm³/mol. The van der Waals surface area contributed by atoms with Crippen molar-refractivity contribution in [2.45, 2.75) is 43.6 Å². The molecule has 1 aliphatic carbocycles. The van der Waals surface area contributed by atoms with Crippen LogP contribution in [0.25, 0.3) is 0 Å². The smallest absolute Gasteiger partial charge is 0.240 e. The van der Waals surface area contributed by atoms with Crippen molar-refractivity contribution >= 4 is 15.8 Å². The second kappa shape index (κ2) is 6.68. The van der Waals surface area contributed by atoms with Gasteiger partial charge in [0.25, 0.3) is 0 Å². The Kier molecular flexibility index (Phi) is 5.13. The van der Waals surface area contributed by atoms with E-state index in [0.717, 1.165) is 19.3 Å². The molecule has 1 fully saturated rings. The average molecular weight is 311 g/mol. The fourth-order valence-electron chi connectivity index (χ4n) is 2.60. The lowest BCUT2D eigenvalue weighted by atomic mass is 10.1. The van der Waals surface area contributed by atoms with Crippen LogP contribution in [0.5, 0.6) is 0 Å². The van der Waals surface area contributed by atoms with Gasteiger partial charge < -0.3 is 5.11 Å². The zero-order valence-electron chi connectivity index (χ0n) is 12.1. The monoisotopic (exact) mass is 311 g/mol. The van der Waals surface area contributed by atoms with E-state index >= 15 is 0 Å². The number of Topliss-reactive ketones (excluding diaryl/α,β-unsaturated/α-hetero) is 1. The van der Waals surface area contributed by atoms with Gasteiger partial charge in [-0.2, -0.15) is 0 Å². The van der Waals surface area contributed by atoms with E-state index in [1.54, 1.807) is 19.1 Å². The van der Waals surface area contributed by atoms with Crippen LogP contribution in [-0.4, -0.2) is 32.0 Å². The van der Waals surface area contributed by atoms with E-state index in [9.17, 15) is 18.3 Å². The molecule has 0 aliphatic heterocycles. The van der Waals surface area contributed by atoms with Crippen molar-refractivity contribution < 1.29 is 18.3 Å². The van der Waals surface area contributed by atoms with Gasteiger partial charge in [-0.15, -0.1) is 0 Å². The van der Waals surface area contributed by atoms with Crippen molar-refractivity contribution in [2.24, 2.45) is 5.92 Å². The minimum atomic E-state index is -3.65. The van der Waals surface area contributed by atoms with Gasteiger partial charge in [-0.25, -0.2) is 13.1 Å². The van der Waals surface area contributed by atoms with Crippen LogP contribution in [0.15, 0.2) is 29.2 Å². The molecule has 0 aromatic heterocycles. The zero-order chi connectivity index (χ0) is 15.5. The van der Waals surface area contributed by atoms with Gasteiger partial charge in [0.15, 0.2) is 5.78 Å². The second-order valence-electron chi connectivity index (χ2n) is 5.41. The van der Waals surface area contributed by atoms with Gasteiger partial charge in [0.2, 0.25) is 10.0 Å². The number of hydrogen-bond acceptors (Lipinski definition) is 4. The first kappa shape index (κ1) is 16.1. The number of sulfonamides is 1. The van der Waals surface area contributed by atoms with Crippen LogP contribution >= 0.6 is 0 Å². The number of benzene rings is 1. The lowest BCUT2D eigenvalue weighted by Crippen LogP contribution is -2.32. The van der Waals surface area contributed by atoms with Gasteiger partial charge in [-0.1, -0.05) is 25.5 Å². The van der Waals surface area contributed by atoms with Crippen molar-refractivity contribution in [1.29, 1.82) is 0 Å². The van der Waals surface area contributed by atoms with Gasteiger partial charge in [-0.05, 0) is 30.9 Å². The first-order valence-corrected chi connectivity index (χ1v) is 8.73. The second-order valence-corrected chi connectivity index (χ2v) is 7.18. The molecule has 0 saturated heterocycles. The molecule has 0 heterocycles. The molecule has 2 unspecified atom stereocenters. The maximum atomic E-state index is 12.3. The number of rotatable bonds is 6. The number of carbonyl (C=O) groups excluding carboxylic acids is 1. The Bertz CT molecular complexity index is 612. The minimum absolute atomic E-state index is 0.0276. The third-order valence-corrected chi connectivity index (χ3v) is 5.36. The van der Waals surface area contributed by atoms with E-state index in [0.29, 0.717) is 12.0 Å². The van der Waals surface area contributed by atoms with Crippen LogP contribution < -0.4 is 4.72 Å². The Labute approximate surface area is 125 Å². The summed E-state index contributed by atoms with van der Waals surface area (Å²) in [6, 6.07) is 6.06. The molecule has 1 aromatic rings. The van der Waals surface area contributed by atoms with Gasteiger partial charge >= 0.3 is 0 Å². The molecule has 21 heavy (non-hydrogen) atoms. The molecule has 116 valence electrons. The molecule has 2 rings (SSSR count). The molecule has 0 bridgehead atoms. The fourth-order valence-corrected chi connectivity index (χ4v) is 3.74. The van der Waals surface area contributed by atoms with Crippen molar-refractivity contribution in [1.82, 2.24) is 4.72 Å². The largest absolute Gasteiger partial charge is 0.393 e. The highest BCUT2D eigenvalue weighted by Gasteiger charge is 2.27. The standard InChI is InChI=1S/C15H21NO4S/c1-2-14(17)11-5-3-7-13(9-11)21(19,20)16-10-12-6-4-8-15(12)18/h3,5,7,9,12,15-16,18H,2,4,6,8,10H2,1H3. The van der Waals surface area contributed by atoms with Gasteiger partial charge in [-0.3, -0.25) is 4.79 Å². The minimum Gasteiger partial charge on any atom is -0.393 e. The molecule has 5 nitrogen and oxygen atoms in total. The molecule has 0 spiro atoms. The molecule has 1 aromatic carbocycles. The number of aliphatic hydroxyl groups excluding tert-OH is 1. The number of aliphatic hydroxyl groups is 1. The predicted octanol–water partition coefficient (Wildman–Crippen LogP) is 1.72. The van der Waals surface area contributed by atoms with Crippen molar-refractivity contribution in [3.63, 3.8) is 0 Å². The highest BCUT2D eigenvalue weighted by Crippen LogP contribution is 2.25. The Morgan fingerprint density at radius 1 is 1.38 bits per heavy atom. The molecular formula is C15H21NO4S. The fraction of sp³-hybridized carbons (Fsp3) is 0.533. The number of nitrogens with one attached hydrogen (secondary N) is 1. The van der Waals surface area contributed by atoms with Crippen LogP contribution in [0.2, 0.25) is 0 Å². The first-order chi connectivity index (χ1) is 9.94. The van der Waals surface area contributed by atoms with Gasteiger partial charge in [0.1, 0.15) is 0 Å². The lowest BCUT2D eigenvalue weighted by molar-refractivity contribution is 0.0988. The van der Waals surface area contributed by atoms with Crippen LogP contribution in [0, 0.1) is 5.92 Å². The first-order valence-electron chi connectivity index (χ1n) is 7.25. The summed E-state index contributed by atoms with van der Waals surface area (Å²) in [5, 5.41) is 9.73. The van der Waals surface area contributed by atoms with E-state index in [4.69, 9.17) is 0 Å². The lowest BCUT2D eigenvalue weighted by Gasteiger charge is -2.15. The van der Waals surface area contributed by atoms with Crippen LogP contribution in [0.4, 0.5) is 0 Å². The summed E-state index contributed by atoms with van der Waals surface area (Å²) in [6.07, 6.45) is 2.39. The highest BCUT2D eigenvalue weighted by atomic mass is 32.2. The molecule has 2 N–H and O–H groups in total. The molecule has 6 heteroatoms. The van der Waals surface area contributed by atoms with Gasteiger partial charge in [0.05, 0.1) is 11.0 Å². The van der Waals surface area contributed by atoms with E-state index in [2.05, 4.69) is 4.72 Å². The van der Waals surface area contributed by atoms with E-state index < -0.39 is 16.1 Å². The van der Waals surface area contributed by atoms with E-state index in [1.807, 2.05) is 0 Å². The Hall–Kier alpha value is -1.24. The summed E-state index contributed by atoms with van der Waals surface area (Å²) in [5.74, 6) is -0.113. The average Bonchev–Trinajstić information content (AvgIpc) is 2.90. The maximum Gasteiger partial charge on any atom is 0.240 e. The van der Waals surface area contributed by atoms with Crippen molar-refractivity contribution in [3.05, 3.63) is 29.8 Å². The highest BCUT2D eigenvalue weighted by molar-refractivity contribution is 7.89. The molecule has 0 amide bonds. The summed E-state index contributed by atoms with van der Waals surface area (Å²) < 4.78 is 27.0. The zero-order valence-corrected chi connectivity index (χ0v) is 12.9. The summed E-state index contributed by atoms with van der Waals surface area (Å²) in [4.78, 5) is 11.7. The Balaban J connectivity index is 2.10. The topological polar surface area (TPSA) is 83.5 Å². The normalized spacial score (nSPS) is 22.4. The SMILES string of the molecule is CCC(=O)c1cccc(S(=O)(=O)NCC2CCCC2O)c1. The van der Waals surface area contributed by atoms with Crippen molar-refractivity contribution in [2.75, 3.05) is 6.54 Å². The van der Waals surface area contributed by atoms with E-state index in [1.165, 1.54) is 12.1 Å². The third-order valence-electron chi connectivity index (χ3n) is 3.94. The van der Waals surface area contributed by atoms with Gasteiger partial charge in [0, 0.05) is 18.5 Å². The summed E-state index contributed by atoms with van der Waals surface area (Å²) in [5.41, 5.74) is 0.404. The molecule has 1 aliphatic rings. The van der Waals surface area contributed by atoms with Crippen LogP contribution in [-0.2, 0) is 10.0 Å². The summed E-state index contributed by atoms with van der Waals surface area (Å²) >= 11 is 0. The quantitative estimate of drug-likeness (QED) is 0.784. The molecule has 1 saturated carbocycles. The third kappa shape index (κ3) is 3.90. The maximum absolute atomic E-state index is 12.3. The van der Waals surface area contributed by atoms with Crippen molar-refractivity contribution in [3.8, 4) is 0 Å². The molecule has 2 atom stereocenters. The van der Waals surface area contributed by atoms with Crippen LogP contribution in [0.1, 0.15) is 43.0 Å². The molecule has 0 radical (unpaired) electrons. The Morgan fingerprint density at radius 3 is 2.76 bits per heavy atom. The molecular weight excluding hydrogens is 290 g/mol. The summed E-state index contributed by atoms with van der Waals surface area (Å²) in [6.45, 7) is 1.97. The van der Waals surface area contributed by atoms with E-state index in [-0.39, 0.29) is 23.1 Å². The summed E-state index contributed by atoms with van der Waals surface area (Å²) in [7, 11) is -3.65.